The third-order valence-electron chi connectivity index (χ3n) is 2.79. The molecule has 0 unspecified atom stereocenters. The van der Waals surface area contributed by atoms with Crippen LogP contribution in [0.15, 0.2) is 24.3 Å². The molecule has 4 nitrogen and oxygen atoms in total. The number of carbonyl (C=O) groups is 1. The van der Waals surface area contributed by atoms with Crippen molar-refractivity contribution in [2.75, 3.05) is 33.8 Å². The van der Waals surface area contributed by atoms with Crippen molar-refractivity contribution in [2.45, 2.75) is 13.3 Å². The maximum Gasteiger partial charge on any atom is 0.223 e. The molecule has 0 fully saturated rings. The average Bonchev–Trinajstić information content (AvgIpc) is 2.38. The Morgan fingerprint density at radius 3 is 2.68 bits per heavy atom. The number of para-hydroxylation sites is 1. The van der Waals surface area contributed by atoms with E-state index in [1.54, 1.807) is 11.9 Å². The lowest BCUT2D eigenvalue weighted by molar-refractivity contribution is -0.130. The highest BCUT2D eigenvalue weighted by Gasteiger charge is 2.07. The Hall–Kier alpha value is -1.26. The number of rotatable bonds is 7. The molecule has 0 bridgehead atoms. The molecule has 5 heteroatoms. The van der Waals surface area contributed by atoms with Crippen LogP contribution in [-0.4, -0.2) is 44.6 Å². The Morgan fingerprint density at radius 1 is 1.37 bits per heavy atom. The minimum Gasteiger partial charge on any atom is -0.491 e. The van der Waals surface area contributed by atoms with E-state index < -0.39 is 0 Å². The Kier molecular flexibility index (Phi) is 9.00. The molecule has 0 saturated heterocycles. The summed E-state index contributed by atoms with van der Waals surface area (Å²) in [4.78, 5) is 13.3. The van der Waals surface area contributed by atoms with Gasteiger partial charge in [-0.25, -0.2) is 0 Å². The molecule has 0 saturated carbocycles. The van der Waals surface area contributed by atoms with Gasteiger partial charge in [0.2, 0.25) is 5.91 Å². The standard InChI is InChI=1S/C14H22N2O2.ClH/c1-12-6-4-5-7-13(12)18-11-10-16(3)14(17)8-9-15-2;/h4-7,15H,8-11H2,1-3H3;1H. The van der Waals surface area contributed by atoms with Crippen LogP contribution in [0.5, 0.6) is 5.75 Å². The molecule has 1 rings (SSSR count). The van der Waals surface area contributed by atoms with Gasteiger partial charge in [-0.15, -0.1) is 12.4 Å². The highest BCUT2D eigenvalue weighted by Crippen LogP contribution is 2.15. The molecular formula is C14H23ClN2O2. The highest BCUT2D eigenvalue weighted by molar-refractivity contribution is 5.85. The largest absolute Gasteiger partial charge is 0.491 e. The van der Waals surface area contributed by atoms with Crippen molar-refractivity contribution in [1.29, 1.82) is 0 Å². The fraction of sp³-hybridized carbons (Fsp3) is 0.500. The van der Waals surface area contributed by atoms with Crippen LogP contribution in [0, 0.1) is 6.92 Å². The van der Waals surface area contributed by atoms with Crippen LogP contribution in [0.2, 0.25) is 0 Å². The van der Waals surface area contributed by atoms with E-state index in [2.05, 4.69) is 5.32 Å². The summed E-state index contributed by atoms with van der Waals surface area (Å²) in [6.45, 7) is 3.85. The summed E-state index contributed by atoms with van der Waals surface area (Å²) in [5.41, 5.74) is 1.11. The lowest BCUT2D eigenvalue weighted by Crippen LogP contribution is -2.32. The van der Waals surface area contributed by atoms with Gasteiger partial charge in [0.25, 0.3) is 0 Å². The molecule has 1 aromatic carbocycles. The van der Waals surface area contributed by atoms with E-state index in [9.17, 15) is 4.79 Å². The van der Waals surface area contributed by atoms with Crippen molar-refractivity contribution in [3.05, 3.63) is 29.8 Å². The highest BCUT2D eigenvalue weighted by atomic mass is 35.5. The second kappa shape index (κ2) is 9.64. The quantitative estimate of drug-likeness (QED) is 0.832. The van der Waals surface area contributed by atoms with Gasteiger partial charge in [0.15, 0.2) is 0 Å². The lowest BCUT2D eigenvalue weighted by Gasteiger charge is -2.18. The van der Waals surface area contributed by atoms with Crippen molar-refractivity contribution < 1.29 is 9.53 Å². The van der Waals surface area contributed by atoms with Crippen molar-refractivity contribution in [1.82, 2.24) is 10.2 Å². The monoisotopic (exact) mass is 286 g/mol. The van der Waals surface area contributed by atoms with Crippen molar-refractivity contribution in [3.8, 4) is 5.75 Å². The van der Waals surface area contributed by atoms with Gasteiger partial charge >= 0.3 is 0 Å². The second-order valence-corrected chi connectivity index (χ2v) is 4.28. The number of likely N-dealkylation sites (N-methyl/N-ethyl adjacent to an activating group) is 1. The number of hydrogen-bond donors (Lipinski definition) is 1. The first kappa shape index (κ1) is 17.7. The first-order valence-corrected chi connectivity index (χ1v) is 6.22. The minimum atomic E-state index is 0. The third kappa shape index (κ3) is 6.45. The van der Waals surface area contributed by atoms with Gasteiger partial charge in [0, 0.05) is 20.0 Å². The zero-order valence-electron chi connectivity index (χ0n) is 11.8. The maximum atomic E-state index is 11.6. The van der Waals surface area contributed by atoms with E-state index in [-0.39, 0.29) is 18.3 Å². The van der Waals surface area contributed by atoms with Gasteiger partial charge < -0.3 is 15.0 Å². The summed E-state index contributed by atoms with van der Waals surface area (Å²) in [6, 6.07) is 7.88. The van der Waals surface area contributed by atoms with Crippen LogP contribution in [-0.2, 0) is 4.79 Å². The number of nitrogens with zero attached hydrogens (tertiary/aromatic N) is 1. The number of amides is 1. The molecule has 1 aromatic rings. The van der Waals surface area contributed by atoms with Gasteiger partial charge in [-0.05, 0) is 25.6 Å². The van der Waals surface area contributed by atoms with Crippen LogP contribution in [0.3, 0.4) is 0 Å². The summed E-state index contributed by atoms with van der Waals surface area (Å²) < 4.78 is 5.65. The minimum absolute atomic E-state index is 0. The van der Waals surface area contributed by atoms with E-state index in [4.69, 9.17) is 4.74 Å². The number of halogens is 1. The summed E-state index contributed by atoms with van der Waals surface area (Å²) in [7, 11) is 3.65. The Balaban J connectivity index is 0.00000324. The molecule has 108 valence electrons. The predicted molar refractivity (Wildman–Crippen MR) is 80.1 cm³/mol. The van der Waals surface area contributed by atoms with Crippen molar-refractivity contribution >= 4 is 18.3 Å². The van der Waals surface area contributed by atoms with Gasteiger partial charge in [-0.1, -0.05) is 18.2 Å². The van der Waals surface area contributed by atoms with Crippen LogP contribution >= 0.6 is 12.4 Å². The molecule has 0 heterocycles. The fourth-order valence-electron chi connectivity index (χ4n) is 1.56. The normalized spacial score (nSPS) is 9.63. The number of ether oxygens (including phenoxy) is 1. The number of hydrogen-bond acceptors (Lipinski definition) is 3. The van der Waals surface area contributed by atoms with Crippen LogP contribution in [0.4, 0.5) is 0 Å². The van der Waals surface area contributed by atoms with Crippen molar-refractivity contribution in [2.24, 2.45) is 0 Å². The maximum absolute atomic E-state index is 11.6. The molecule has 1 amide bonds. The predicted octanol–water partition coefficient (Wildman–Crippen LogP) is 1.86. The van der Waals surface area contributed by atoms with Crippen LogP contribution < -0.4 is 10.1 Å². The van der Waals surface area contributed by atoms with Gasteiger partial charge in [-0.2, -0.15) is 0 Å². The molecule has 0 aliphatic rings. The summed E-state index contributed by atoms with van der Waals surface area (Å²) in [6.07, 6.45) is 0.525. The molecular weight excluding hydrogens is 264 g/mol. The second-order valence-electron chi connectivity index (χ2n) is 4.28. The number of carbonyl (C=O) groups excluding carboxylic acids is 1. The summed E-state index contributed by atoms with van der Waals surface area (Å²) >= 11 is 0. The third-order valence-corrected chi connectivity index (χ3v) is 2.79. The van der Waals surface area contributed by atoms with Gasteiger partial charge in [0.05, 0.1) is 6.54 Å². The zero-order chi connectivity index (χ0) is 13.4. The van der Waals surface area contributed by atoms with E-state index in [1.807, 2.05) is 38.2 Å². The van der Waals surface area contributed by atoms with Gasteiger partial charge in [0.1, 0.15) is 12.4 Å². The van der Waals surface area contributed by atoms with E-state index in [1.165, 1.54) is 0 Å². The van der Waals surface area contributed by atoms with E-state index >= 15 is 0 Å². The fourth-order valence-corrected chi connectivity index (χ4v) is 1.56. The van der Waals surface area contributed by atoms with Crippen LogP contribution in [0.1, 0.15) is 12.0 Å². The average molecular weight is 287 g/mol. The number of benzene rings is 1. The van der Waals surface area contributed by atoms with Gasteiger partial charge in [-0.3, -0.25) is 4.79 Å². The zero-order valence-corrected chi connectivity index (χ0v) is 12.6. The Morgan fingerprint density at radius 2 is 2.05 bits per heavy atom. The lowest BCUT2D eigenvalue weighted by atomic mass is 10.2. The summed E-state index contributed by atoms with van der Waals surface area (Å²) in [5.74, 6) is 1.02. The molecule has 0 aromatic heterocycles. The molecule has 19 heavy (non-hydrogen) atoms. The topological polar surface area (TPSA) is 41.6 Å². The number of nitrogens with one attached hydrogen (secondary N) is 1. The van der Waals surface area contributed by atoms with E-state index in [0.29, 0.717) is 26.1 Å². The Bertz CT molecular complexity index is 385. The SMILES string of the molecule is CNCCC(=O)N(C)CCOc1ccccc1C.Cl. The number of aryl methyl sites for hydroxylation is 1. The van der Waals surface area contributed by atoms with E-state index in [0.717, 1.165) is 11.3 Å². The first-order valence-electron chi connectivity index (χ1n) is 6.22. The smallest absolute Gasteiger partial charge is 0.223 e. The molecule has 0 aliphatic heterocycles. The molecule has 1 N–H and O–H groups in total. The molecule has 0 radical (unpaired) electrons. The molecule has 0 atom stereocenters. The van der Waals surface area contributed by atoms with Crippen LogP contribution in [0.25, 0.3) is 0 Å². The molecule has 0 aliphatic carbocycles. The Labute approximate surface area is 121 Å². The summed E-state index contributed by atoms with van der Waals surface area (Å²) in [5, 5.41) is 2.96. The molecule has 0 spiro atoms. The first-order chi connectivity index (χ1) is 8.65. The van der Waals surface area contributed by atoms with Crippen molar-refractivity contribution in [3.63, 3.8) is 0 Å².